The number of aromatic nitrogens is 2. The molecule has 0 aliphatic heterocycles. The van der Waals surface area contributed by atoms with Crippen molar-refractivity contribution in [2.75, 3.05) is 5.32 Å². The molecule has 2 rings (SSSR count). The number of carbonyl (C=O) groups is 2. The molecule has 0 spiro atoms. The van der Waals surface area contributed by atoms with Crippen LogP contribution in [0.1, 0.15) is 58.4 Å². The van der Waals surface area contributed by atoms with Crippen molar-refractivity contribution >= 4 is 28.3 Å². The van der Waals surface area contributed by atoms with E-state index in [1.165, 1.54) is 11.3 Å². The van der Waals surface area contributed by atoms with Gasteiger partial charge in [-0.25, -0.2) is 0 Å². The lowest BCUT2D eigenvalue weighted by molar-refractivity contribution is -0.127. The SMILES string of the molecule is CCCCCCC(=O)N[C@H](C(=O)Nc1nnc(-c2cccc(C)c2)s1)C(C)C. The Morgan fingerprint density at radius 2 is 1.93 bits per heavy atom. The van der Waals surface area contributed by atoms with Crippen molar-refractivity contribution in [3.05, 3.63) is 29.8 Å². The third kappa shape index (κ3) is 6.71. The molecule has 0 aliphatic rings. The molecule has 1 aromatic carbocycles. The third-order valence-electron chi connectivity index (χ3n) is 4.44. The molecular weight excluding hydrogens is 372 g/mol. The van der Waals surface area contributed by atoms with Gasteiger partial charge >= 0.3 is 0 Å². The topological polar surface area (TPSA) is 84.0 Å². The summed E-state index contributed by atoms with van der Waals surface area (Å²) >= 11 is 1.32. The minimum Gasteiger partial charge on any atom is -0.344 e. The lowest BCUT2D eigenvalue weighted by atomic mass is 10.0. The van der Waals surface area contributed by atoms with Gasteiger partial charge in [0.2, 0.25) is 16.9 Å². The van der Waals surface area contributed by atoms with Gasteiger partial charge in [-0.2, -0.15) is 0 Å². The van der Waals surface area contributed by atoms with E-state index in [1.54, 1.807) is 0 Å². The predicted molar refractivity (Wildman–Crippen MR) is 114 cm³/mol. The van der Waals surface area contributed by atoms with Crippen molar-refractivity contribution in [1.82, 2.24) is 15.5 Å². The summed E-state index contributed by atoms with van der Waals surface area (Å²) in [5.74, 6) is -0.365. The van der Waals surface area contributed by atoms with Crippen LogP contribution < -0.4 is 10.6 Å². The molecule has 152 valence electrons. The summed E-state index contributed by atoms with van der Waals surface area (Å²) in [6.07, 6.45) is 4.59. The number of hydrogen-bond acceptors (Lipinski definition) is 5. The van der Waals surface area contributed by atoms with E-state index >= 15 is 0 Å². The van der Waals surface area contributed by atoms with Crippen LogP contribution in [0.15, 0.2) is 24.3 Å². The van der Waals surface area contributed by atoms with Crippen molar-refractivity contribution < 1.29 is 9.59 Å². The Morgan fingerprint density at radius 3 is 2.61 bits per heavy atom. The van der Waals surface area contributed by atoms with Crippen LogP contribution in [-0.2, 0) is 9.59 Å². The molecule has 1 atom stereocenters. The number of aryl methyl sites for hydroxylation is 1. The summed E-state index contributed by atoms with van der Waals surface area (Å²) in [4.78, 5) is 24.9. The van der Waals surface area contributed by atoms with Gasteiger partial charge in [0.1, 0.15) is 11.0 Å². The quantitative estimate of drug-likeness (QED) is 0.571. The van der Waals surface area contributed by atoms with Gasteiger partial charge in [-0.15, -0.1) is 10.2 Å². The summed E-state index contributed by atoms with van der Waals surface area (Å²) in [5.41, 5.74) is 2.11. The second-order valence-corrected chi connectivity index (χ2v) is 8.35. The van der Waals surface area contributed by atoms with E-state index in [0.717, 1.165) is 41.8 Å². The number of unbranched alkanes of at least 4 members (excludes halogenated alkanes) is 3. The van der Waals surface area contributed by atoms with E-state index in [1.807, 2.05) is 45.0 Å². The highest BCUT2D eigenvalue weighted by Crippen LogP contribution is 2.27. The average Bonchev–Trinajstić information content (AvgIpc) is 3.11. The first-order valence-corrected chi connectivity index (χ1v) is 10.7. The van der Waals surface area contributed by atoms with Crippen LogP contribution >= 0.6 is 11.3 Å². The van der Waals surface area contributed by atoms with Crippen LogP contribution in [-0.4, -0.2) is 28.1 Å². The van der Waals surface area contributed by atoms with E-state index in [0.29, 0.717) is 11.6 Å². The van der Waals surface area contributed by atoms with Crippen LogP contribution in [0.25, 0.3) is 10.6 Å². The molecular formula is C21H30N4O2S. The zero-order valence-corrected chi connectivity index (χ0v) is 17.9. The van der Waals surface area contributed by atoms with Crippen LogP contribution in [0.5, 0.6) is 0 Å². The van der Waals surface area contributed by atoms with Gasteiger partial charge in [0.25, 0.3) is 0 Å². The predicted octanol–water partition coefficient (Wildman–Crippen LogP) is 4.56. The standard InChI is InChI=1S/C21H30N4O2S/c1-5-6-7-8-12-17(26)22-18(14(2)3)19(27)23-21-25-24-20(28-21)16-11-9-10-15(4)13-16/h9-11,13-14,18H,5-8,12H2,1-4H3,(H,22,26)(H,23,25,27)/t18-/m0/s1. The zero-order chi connectivity index (χ0) is 20.5. The van der Waals surface area contributed by atoms with Gasteiger partial charge < -0.3 is 5.32 Å². The van der Waals surface area contributed by atoms with Gasteiger partial charge in [0.05, 0.1) is 0 Å². The maximum Gasteiger partial charge on any atom is 0.249 e. The van der Waals surface area contributed by atoms with E-state index < -0.39 is 6.04 Å². The maximum absolute atomic E-state index is 12.7. The van der Waals surface area contributed by atoms with Crippen LogP contribution in [0.3, 0.4) is 0 Å². The summed E-state index contributed by atoms with van der Waals surface area (Å²) in [7, 11) is 0. The van der Waals surface area contributed by atoms with E-state index in [9.17, 15) is 9.59 Å². The summed E-state index contributed by atoms with van der Waals surface area (Å²) in [5, 5.41) is 15.1. The van der Waals surface area contributed by atoms with Crippen molar-refractivity contribution in [1.29, 1.82) is 0 Å². The molecule has 2 amide bonds. The molecule has 0 fully saturated rings. The minimum absolute atomic E-state index is 0.0243. The highest BCUT2D eigenvalue weighted by atomic mass is 32.1. The first-order valence-electron chi connectivity index (χ1n) is 9.91. The number of amides is 2. The number of benzene rings is 1. The first-order chi connectivity index (χ1) is 13.4. The highest BCUT2D eigenvalue weighted by Gasteiger charge is 2.25. The van der Waals surface area contributed by atoms with Crippen molar-refractivity contribution in [2.45, 2.75) is 65.8 Å². The molecule has 2 N–H and O–H groups in total. The molecule has 2 aromatic rings. The second-order valence-electron chi connectivity index (χ2n) is 7.37. The molecule has 0 bridgehead atoms. The summed E-state index contributed by atoms with van der Waals surface area (Å²) < 4.78 is 0. The molecule has 1 heterocycles. The molecule has 0 aliphatic carbocycles. The van der Waals surface area contributed by atoms with E-state index in [2.05, 4.69) is 27.8 Å². The highest BCUT2D eigenvalue weighted by molar-refractivity contribution is 7.18. The van der Waals surface area contributed by atoms with Gasteiger partial charge in [-0.05, 0) is 25.3 Å². The fourth-order valence-electron chi connectivity index (χ4n) is 2.84. The summed E-state index contributed by atoms with van der Waals surface area (Å²) in [6.45, 7) is 7.99. The molecule has 0 saturated carbocycles. The molecule has 0 saturated heterocycles. The monoisotopic (exact) mass is 402 g/mol. The lowest BCUT2D eigenvalue weighted by Gasteiger charge is -2.21. The van der Waals surface area contributed by atoms with Crippen molar-refractivity contribution in [2.24, 2.45) is 5.92 Å². The molecule has 28 heavy (non-hydrogen) atoms. The number of rotatable bonds is 10. The maximum atomic E-state index is 12.7. The van der Waals surface area contributed by atoms with Gasteiger partial charge in [-0.3, -0.25) is 14.9 Å². The summed E-state index contributed by atoms with van der Waals surface area (Å²) in [6, 6.07) is 7.39. The normalized spacial score (nSPS) is 12.0. The van der Waals surface area contributed by atoms with Gasteiger partial charge in [0.15, 0.2) is 0 Å². The smallest absolute Gasteiger partial charge is 0.249 e. The van der Waals surface area contributed by atoms with Gasteiger partial charge in [-0.1, -0.05) is 75.1 Å². The molecule has 0 radical (unpaired) electrons. The largest absolute Gasteiger partial charge is 0.344 e. The fraction of sp³-hybridized carbons (Fsp3) is 0.524. The number of nitrogens with one attached hydrogen (secondary N) is 2. The molecule has 1 aromatic heterocycles. The van der Waals surface area contributed by atoms with Crippen molar-refractivity contribution in [3.63, 3.8) is 0 Å². The number of anilines is 1. The van der Waals surface area contributed by atoms with Crippen LogP contribution in [0.2, 0.25) is 0 Å². The average molecular weight is 403 g/mol. The van der Waals surface area contributed by atoms with E-state index in [4.69, 9.17) is 0 Å². The Morgan fingerprint density at radius 1 is 1.14 bits per heavy atom. The Kier molecular flexibility index (Phi) is 8.57. The Balaban J connectivity index is 1.96. The Hall–Kier alpha value is -2.28. The zero-order valence-electron chi connectivity index (χ0n) is 17.1. The Bertz CT molecular complexity index is 788. The van der Waals surface area contributed by atoms with Crippen molar-refractivity contribution in [3.8, 4) is 10.6 Å². The third-order valence-corrected chi connectivity index (χ3v) is 5.33. The van der Waals surface area contributed by atoms with Crippen LogP contribution in [0, 0.1) is 12.8 Å². The number of hydrogen-bond donors (Lipinski definition) is 2. The first kappa shape index (κ1) is 22.0. The molecule has 7 heteroatoms. The fourth-order valence-corrected chi connectivity index (χ4v) is 3.59. The number of nitrogens with zero attached hydrogens (tertiary/aromatic N) is 2. The Labute approximate surface area is 171 Å². The van der Waals surface area contributed by atoms with Gasteiger partial charge in [0, 0.05) is 12.0 Å². The molecule has 6 nitrogen and oxygen atoms in total. The van der Waals surface area contributed by atoms with E-state index in [-0.39, 0.29) is 17.7 Å². The lowest BCUT2D eigenvalue weighted by Crippen LogP contribution is -2.47. The van der Waals surface area contributed by atoms with Crippen LogP contribution in [0.4, 0.5) is 5.13 Å². The minimum atomic E-state index is -0.593. The number of carbonyl (C=O) groups excluding carboxylic acids is 2. The molecule has 0 unspecified atom stereocenters. The second kappa shape index (κ2) is 10.9.